The molecule has 1 aromatic carbocycles. The largest absolute Gasteiger partial charge is 0.503 e. The van der Waals surface area contributed by atoms with Gasteiger partial charge in [-0.2, -0.15) is 0 Å². The summed E-state index contributed by atoms with van der Waals surface area (Å²) in [7, 11) is 0. The molecule has 1 aliphatic rings. The zero-order chi connectivity index (χ0) is 9.10. The second-order valence-corrected chi connectivity index (χ2v) is 6.29. The van der Waals surface area contributed by atoms with E-state index in [2.05, 4.69) is 6.07 Å². The maximum Gasteiger partial charge on any atom is 0.503 e. The summed E-state index contributed by atoms with van der Waals surface area (Å²) in [5.41, 5.74) is 0. The van der Waals surface area contributed by atoms with Crippen LogP contribution in [0.3, 0.4) is 0 Å². The van der Waals surface area contributed by atoms with Gasteiger partial charge in [-0.15, -0.1) is 0 Å². The van der Waals surface area contributed by atoms with Gasteiger partial charge < -0.3 is 3.79 Å². The first kappa shape index (κ1) is 9.55. The summed E-state index contributed by atoms with van der Waals surface area (Å²) in [4.78, 5) is 0. The molecular weight excluding hydrogens is 199 g/mol. The Balaban J connectivity index is 2.18. The van der Waals surface area contributed by atoms with E-state index in [4.69, 9.17) is 15.4 Å². The summed E-state index contributed by atoms with van der Waals surface area (Å²) in [5, 5.41) is 2.13. The van der Waals surface area contributed by atoms with Crippen molar-refractivity contribution in [1.82, 2.24) is 0 Å². The molecule has 1 aromatic rings. The first-order chi connectivity index (χ1) is 6.38. The van der Waals surface area contributed by atoms with E-state index in [9.17, 15) is 0 Å². The van der Waals surface area contributed by atoms with E-state index < -0.39 is 14.5 Å². The normalized spacial score (nSPS) is 17.5. The average molecular weight is 211 g/mol. The van der Waals surface area contributed by atoms with Crippen LogP contribution >= 0.6 is 11.6 Å². The molecule has 1 heterocycles. The molecule has 0 unspecified atom stereocenters. The predicted molar refractivity (Wildman–Crippen MR) is 56.8 cm³/mol. The van der Waals surface area contributed by atoms with E-state index in [1.165, 1.54) is 22.5 Å². The van der Waals surface area contributed by atoms with Crippen LogP contribution in [0.15, 0.2) is 24.3 Å². The highest BCUT2D eigenvalue weighted by Crippen LogP contribution is 2.14. The highest BCUT2D eigenvalue weighted by molar-refractivity contribution is 6.70. The molecule has 1 nitrogen and oxygen atoms in total. The fraction of sp³-hybridized carbons (Fsp3) is 0.400. The molecule has 0 radical (unpaired) electrons. The number of hydrogen-bond acceptors (Lipinski definition) is 1. The maximum absolute atomic E-state index is 6.11. The molecule has 0 N–H and O–H groups in total. The predicted octanol–water partition coefficient (Wildman–Crippen LogP) is 2.35. The highest BCUT2D eigenvalue weighted by Gasteiger charge is 2.27. The molecule has 1 saturated heterocycles. The minimum Gasteiger partial charge on any atom is -0.497 e. The van der Waals surface area contributed by atoms with Crippen molar-refractivity contribution in [2.45, 2.75) is 18.1 Å². The van der Waals surface area contributed by atoms with Crippen molar-refractivity contribution in [1.29, 1.82) is 0 Å². The molecule has 13 heavy (non-hydrogen) atoms. The van der Waals surface area contributed by atoms with Gasteiger partial charge in [0, 0.05) is 11.6 Å². The van der Waals surface area contributed by atoms with E-state index in [-0.39, 0.29) is 0 Å². The minimum absolute atomic E-state index is 0.890. The molecule has 0 aliphatic carbocycles. The lowest BCUT2D eigenvalue weighted by Gasteiger charge is -2.19. The van der Waals surface area contributed by atoms with Gasteiger partial charge >= 0.3 is 14.5 Å². The zero-order valence-corrected chi connectivity index (χ0v) is 9.41. The Morgan fingerprint density at radius 2 is 2.08 bits per heavy atom. The van der Waals surface area contributed by atoms with E-state index >= 15 is 0 Å². The number of halogens is 1. The number of benzene rings is 1. The summed E-state index contributed by atoms with van der Waals surface area (Å²) in [6, 6.07) is 8.10. The quantitative estimate of drug-likeness (QED) is 0.647. The van der Waals surface area contributed by atoms with Crippen molar-refractivity contribution >= 4 is 30.5 Å². The SMILES string of the molecule is Clc1cccc[c]1[Al]1[CH2]CCC[O]1. The molecular formula is C10H12AlClO. The van der Waals surface area contributed by atoms with Crippen LogP contribution in [0.1, 0.15) is 12.8 Å². The Morgan fingerprint density at radius 3 is 2.77 bits per heavy atom. The smallest absolute Gasteiger partial charge is 0.497 e. The van der Waals surface area contributed by atoms with Gasteiger partial charge in [0.1, 0.15) is 0 Å². The third kappa shape index (κ3) is 2.27. The molecule has 1 aliphatic heterocycles. The van der Waals surface area contributed by atoms with Crippen LogP contribution in [0, 0.1) is 0 Å². The summed E-state index contributed by atoms with van der Waals surface area (Å²) < 4.78 is 7.08. The molecule has 0 aromatic heterocycles. The molecule has 68 valence electrons. The molecule has 1 fully saturated rings. The van der Waals surface area contributed by atoms with Crippen LogP contribution in [0.4, 0.5) is 0 Å². The second-order valence-electron chi connectivity index (χ2n) is 3.38. The minimum atomic E-state index is -1.16. The summed E-state index contributed by atoms with van der Waals surface area (Å²) >= 11 is 4.96. The van der Waals surface area contributed by atoms with E-state index in [0.29, 0.717) is 0 Å². The Morgan fingerprint density at radius 1 is 1.23 bits per heavy atom. The van der Waals surface area contributed by atoms with Crippen molar-refractivity contribution in [3.63, 3.8) is 0 Å². The monoisotopic (exact) mass is 210 g/mol. The standard InChI is InChI=1S/C6H4Cl.C4H8O.Al/c7-6-4-2-1-3-5-6;1-2-3-4-5;/h1-4H;1-4H2;/q;-1;+1. The van der Waals surface area contributed by atoms with Gasteiger partial charge in [-0.1, -0.05) is 45.9 Å². The van der Waals surface area contributed by atoms with Crippen molar-refractivity contribution in [3.8, 4) is 0 Å². The highest BCUT2D eigenvalue weighted by atomic mass is 35.5. The van der Waals surface area contributed by atoms with Crippen molar-refractivity contribution < 1.29 is 3.79 Å². The lowest BCUT2D eigenvalue weighted by atomic mass is 10.3. The van der Waals surface area contributed by atoms with Crippen molar-refractivity contribution in [2.24, 2.45) is 0 Å². The molecule has 0 saturated carbocycles. The van der Waals surface area contributed by atoms with Gasteiger partial charge in [0.25, 0.3) is 0 Å². The van der Waals surface area contributed by atoms with E-state index in [0.717, 1.165) is 11.6 Å². The Bertz CT molecular complexity index is 284. The lowest BCUT2D eigenvalue weighted by molar-refractivity contribution is 0.294. The van der Waals surface area contributed by atoms with Crippen molar-refractivity contribution in [3.05, 3.63) is 29.3 Å². The average Bonchev–Trinajstić information content (AvgIpc) is 2.20. The fourth-order valence-corrected chi connectivity index (χ4v) is 4.72. The third-order valence-corrected chi connectivity index (χ3v) is 5.73. The van der Waals surface area contributed by atoms with Gasteiger partial charge in [0.05, 0.1) is 0 Å². The molecule has 3 heteroatoms. The molecule has 0 bridgehead atoms. The second kappa shape index (κ2) is 4.48. The van der Waals surface area contributed by atoms with Gasteiger partial charge in [-0.25, -0.2) is 0 Å². The number of hydrogen-bond donors (Lipinski definition) is 0. The summed E-state index contributed by atoms with van der Waals surface area (Å²) in [5.74, 6) is 0. The Hall–Kier alpha value is 0.00247. The summed E-state index contributed by atoms with van der Waals surface area (Å²) in [6.45, 7) is 0.933. The first-order valence-corrected chi connectivity index (χ1v) is 6.98. The van der Waals surface area contributed by atoms with E-state index in [1.807, 2.05) is 18.2 Å². The van der Waals surface area contributed by atoms with Gasteiger partial charge in [0.15, 0.2) is 0 Å². The van der Waals surface area contributed by atoms with Crippen LogP contribution < -0.4 is 4.43 Å². The van der Waals surface area contributed by atoms with Crippen molar-refractivity contribution in [2.75, 3.05) is 6.61 Å². The van der Waals surface area contributed by atoms with Crippen LogP contribution in [-0.2, 0) is 3.79 Å². The zero-order valence-electron chi connectivity index (χ0n) is 7.50. The molecule has 0 atom stereocenters. The van der Waals surface area contributed by atoms with Crippen LogP contribution in [0.5, 0.6) is 0 Å². The van der Waals surface area contributed by atoms with E-state index in [1.54, 1.807) is 0 Å². The Kier molecular flexibility index (Phi) is 3.29. The maximum atomic E-state index is 6.11. The van der Waals surface area contributed by atoms with Gasteiger partial charge in [-0.05, 0) is 12.5 Å². The van der Waals surface area contributed by atoms with Gasteiger partial charge in [0.2, 0.25) is 0 Å². The van der Waals surface area contributed by atoms with Crippen LogP contribution in [0.25, 0.3) is 0 Å². The molecule has 0 spiro atoms. The topological polar surface area (TPSA) is 9.23 Å². The number of rotatable bonds is 1. The Labute approximate surface area is 88.4 Å². The summed E-state index contributed by atoms with van der Waals surface area (Å²) in [6.07, 6.45) is 2.52. The van der Waals surface area contributed by atoms with Crippen LogP contribution in [0.2, 0.25) is 10.3 Å². The molecule has 0 amide bonds. The first-order valence-electron chi connectivity index (χ1n) is 4.74. The third-order valence-electron chi connectivity index (χ3n) is 2.43. The molecule has 2 rings (SSSR count). The fourth-order valence-electron chi connectivity index (χ4n) is 1.72. The lowest BCUT2D eigenvalue weighted by Crippen LogP contribution is -2.36. The van der Waals surface area contributed by atoms with Crippen LogP contribution in [-0.4, -0.2) is 21.1 Å². The van der Waals surface area contributed by atoms with Gasteiger partial charge in [-0.3, -0.25) is 0 Å².